The first kappa shape index (κ1) is 23.4. The maximum atomic E-state index is 13.2. The highest BCUT2D eigenvalue weighted by Crippen LogP contribution is 2.56. The fourth-order valence-electron chi connectivity index (χ4n) is 5.92. The third-order valence-corrected chi connectivity index (χ3v) is 7.97. The lowest BCUT2D eigenvalue weighted by Crippen LogP contribution is -2.41. The number of fused-ring (bicyclic) bond motifs is 3. The van der Waals surface area contributed by atoms with Crippen molar-refractivity contribution in [1.82, 2.24) is 10.2 Å². The second kappa shape index (κ2) is 9.36. The van der Waals surface area contributed by atoms with Crippen LogP contribution in [0.15, 0.2) is 48.5 Å². The number of carbonyl (C=O) groups is 3. The Balaban J connectivity index is 1.18. The molecule has 5 rings (SSSR count). The third kappa shape index (κ3) is 4.40. The van der Waals surface area contributed by atoms with Crippen LogP contribution in [0.4, 0.5) is 4.79 Å². The van der Waals surface area contributed by atoms with Gasteiger partial charge in [0.1, 0.15) is 6.61 Å². The molecular weight excluding hydrogens is 444 g/mol. The van der Waals surface area contributed by atoms with Crippen LogP contribution in [0.25, 0.3) is 11.1 Å². The molecule has 2 amide bonds. The van der Waals surface area contributed by atoms with E-state index in [1.54, 1.807) is 4.90 Å². The molecule has 1 saturated heterocycles. The molecule has 1 aliphatic heterocycles. The minimum Gasteiger partial charge on any atom is -0.481 e. The molecule has 2 N–H and O–H groups in total. The highest BCUT2D eigenvalue weighted by Gasteiger charge is 2.59. The van der Waals surface area contributed by atoms with Crippen LogP contribution in [-0.2, 0) is 14.3 Å². The molecule has 2 aromatic carbocycles. The summed E-state index contributed by atoms with van der Waals surface area (Å²) in [6.45, 7) is 3.18. The van der Waals surface area contributed by atoms with Crippen molar-refractivity contribution in [3.8, 4) is 11.1 Å². The molecule has 2 atom stereocenters. The van der Waals surface area contributed by atoms with Gasteiger partial charge in [0.15, 0.2) is 0 Å². The van der Waals surface area contributed by atoms with E-state index in [2.05, 4.69) is 29.6 Å². The summed E-state index contributed by atoms with van der Waals surface area (Å²) in [7, 11) is 0. The number of carbonyl (C=O) groups excluding carboxylic acids is 2. The molecule has 0 aromatic heterocycles. The molecule has 2 aliphatic carbocycles. The lowest BCUT2D eigenvalue weighted by molar-refractivity contribution is -0.143. The smallest absolute Gasteiger partial charge is 0.407 e. The number of hydrogen-bond donors (Lipinski definition) is 2. The highest BCUT2D eigenvalue weighted by molar-refractivity contribution is 5.82. The zero-order valence-corrected chi connectivity index (χ0v) is 20.0. The quantitative estimate of drug-likeness (QED) is 0.593. The Morgan fingerprint density at radius 3 is 2.26 bits per heavy atom. The van der Waals surface area contributed by atoms with E-state index in [1.165, 1.54) is 11.1 Å². The molecule has 0 radical (unpaired) electrons. The molecular formula is C28H32N2O5. The number of amides is 2. The van der Waals surface area contributed by atoms with E-state index < -0.39 is 18.0 Å². The predicted molar refractivity (Wildman–Crippen MR) is 131 cm³/mol. The molecule has 1 spiro atoms. The monoisotopic (exact) mass is 476 g/mol. The van der Waals surface area contributed by atoms with E-state index in [1.807, 2.05) is 31.2 Å². The second-order valence-corrected chi connectivity index (χ2v) is 10.2. The summed E-state index contributed by atoms with van der Waals surface area (Å²) < 4.78 is 5.61. The summed E-state index contributed by atoms with van der Waals surface area (Å²) in [4.78, 5) is 39.2. The first-order valence-electron chi connectivity index (χ1n) is 12.5. The number of aliphatic carboxylic acids is 1. The Morgan fingerprint density at radius 1 is 1.09 bits per heavy atom. The van der Waals surface area contributed by atoms with Gasteiger partial charge in [0, 0.05) is 31.0 Å². The van der Waals surface area contributed by atoms with Crippen LogP contribution in [0.3, 0.4) is 0 Å². The van der Waals surface area contributed by atoms with Crippen molar-refractivity contribution >= 4 is 18.0 Å². The van der Waals surface area contributed by atoms with Crippen LogP contribution < -0.4 is 5.32 Å². The Morgan fingerprint density at radius 2 is 1.71 bits per heavy atom. The zero-order chi connectivity index (χ0) is 24.6. The van der Waals surface area contributed by atoms with Crippen LogP contribution in [-0.4, -0.2) is 54.2 Å². The van der Waals surface area contributed by atoms with Gasteiger partial charge in [0.2, 0.25) is 5.91 Å². The topological polar surface area (TPSA) is 95.9 Å². The number of nitrogens with one attached hydrogen (secondary N) is 1. The number of nitrogens with zero attached hydrogens (tertiary/aromatic N) is 1. The van der Waals surface area contributed by atoms with Gasteiger partial charge in [0.05, 0.1) is 11.8 Å². The van der Waals surface area contributed by atoms with Crippen LogP contribution >= 0.6 is 0 Å². The number of benzene rings is 2. The number of alkyl carbamates (subject to hydrolysis) is 1. The molecule has 184 valence electrons. The molecule has 7 nitrogen and oxygen atoms in total. The fourth-order valence-corrected chi connectivity index (χ4v) is 5.92. The zero-order valence-electron chi connectivity index (χ0n) is 20.0. The Hall–Kier alpha value is -3.35. The van der Waals surface area contributed by atoms with Gasteiger partial charge in [-0.05, 0) is 41.5 Å². The SMILES string of the molecule is CCCC(CNC(=O)OCC1c2ccccc2-c2ccccc21)C(=O)N1CC(C(=O)O)C2(CC2)C1. The van der Waals surface area contributed by atoms with Gasteiger partial charge in [-0.2, -0.15) is 0 Å². The average molecular weight is 477 g/mol. The van der Waals surface area contributed by atoms with Crippen LogP contribution in [0.1, 0.15) is 49.7 Å². The van der Waals surface area contributed by atoms with Gasteiger partial charge < -0.3 is 20.1 Å². The summed E-state index contributed by atoms with van der Waals surface area (Å²) in [5.74, 6) is -1.77. The third-order valence-electron chi connectivity index (χ3n) is 7.97. The highest BCUT2D eigenvalue weighted by atomic mass is 16.5. The molecule has 1 heterocycles. The summed E-state index contributed by atoms with van der Waals surface area (Å²) in [6.07, 6.45) is 2.62. The van der Waals surface area contributed by atoms with Crippen molar-refractivity contribution in [1.29, 1.82) is 0 Å². The van der Waals surface area contributed by atoms with Crippen molar-refractivity contribution in [2.24, 2.45) is 17.3 Å². The minimum absolute atomic E-state index is 0.0199. The first-order chi connectivity index (χ1) is 16.9. The standard InChI is InChI=1S/C28H32N2O5/c1-2-7-18(25(31)30-15-24(26(32)33)28(17-30)12-13-28)14-29-27(34)35-16-23-21-10-5-3-8-19(21)20-9-4-6-11-22(20)23/h3-6,8-11,18,23-24H,2,7,12-17H2,1H3,(H,29,34)(H,32,33). The molecule has 1 saturated carbocycles. The fraction of sp³-hybridized carbons (Fsp3) is 0.464. The number of hydrogen-bond acceptors (Lipinski definition) is 4. The van der Waals surface area contributed by atoms with Gasteiger partial charge in [-0.3, -0.25) is 9.59 Å². The van der Waals surface area contributed by atoms with Gasteiger partial charge in [0.25, 0.3) is 0 Å². The normalized spacial score (nSPS) is 20.3. The summed E-state index contributed by atoms with van der Waals surface area (Å²) in [5, 5.41) is 12.4. The van der Waals surface area contributed by atoms with Crippen molar-refractivity contribution < 1.29 is 24.2 Å². The van der Waals surface area contributed by atoms with E-state index in [9.17, 15) is 19.5 Å². The molecule has 2 unspecified atom stereocenters. The van der Waals surface area contributed by atoms with Crippen molar-refractivity contribution in [2.45, 2.75) is 38.5 Å². The Kier molecular flexibility index (Phi) is 6.26. The average Bonchev–Trinajstić information content (AvgIpc) is 3.41. The van der Waals surface area contributed by atoms with E-state index in [4.69, 9.17) is 4.74 Å². The molecule has 2 fully saturated rings. The van der Waals surface area contributed by atoms with Crippen molar-refractivity contribution in [2.75, 3.05) is 26.2 Å². The van der Waals surface area contributed by atoms with Crippen LogP contribution in [0.2, 0.25) is 0 Å². The van der Waals surface area contributed by atoms with Gasteiger partial charge in [-0.1, -0.05) is 61.9 Å². The first-order valence-corrected chi connectivity index (χ1v) is 12.5. The number of carboxylic acids is 1. The molecule has 7 heteroatoms. The largest absolute Gasteiger partial charge is 0.481 e. The van der Waals surface area contributed by atoms with E-state index in [0.717, 1.165) is 30.4 Å². The van der Waals surface area contributed by atoms with Crippen molar-refractivity contribution in [3.63, 3.8) is 0 Å². The number of rotatable bonds is 8. The molecule has 35 heavy (non-hydrogen) atoms. The molecule has 0 bridgehead atoms. The minimum atomic E-state index is -0.818. The Labute approximate surface area is 205 Å². The van der Waals surface area contributed by atoms with Gasteiger partial charge >= 0.3 is 12.1 Å². The predicted octanol–water partition coefficient (Wildman–Crippen LogP) is 4.26. The number of carboxylic acid groups (broad SMARTS) is 1. The molecule has 2 aromatic rings. The summed E-state index contributed by atoms with van der Waals surface area (Å²) >= 11 is 0. The van der Waals surface area contributed by atoms with E-state index in [0.29, 0.717) is 13.0 Å². The lowest BCUT2D eigenvalue weighted by Gasteiger charge is -2.24. The number of likely N-dealkylation sites (tertiary alicyclic amines) is 1. The summed E-state index contributed by atoms with van der Waals surface area (Å²) in [6, 6.07) is 16.4. The lowest BCUT2D eigenvalue weighted by atomic mass is 9.93. The van der Waals surface area contributed by atoms with E-state index >= 15 is 0 Å². The second-order valence-electron chi connectivity index (χ2n) is 10.2. The van der Waals surface area contributed by atoms with Crippen LogP contribution in [0, 0.1) is 17.3 Å². The number of ether oxygens (including phenoxy) is 1. The van der Waals surface area contributed by atoms with Gasteiger partial charge in [-0.25, -0.2) is 4.79 Å². The van der Waals surface area contributed by atoms with E-state index in [-0.39, 0.29) is 42.9 Å². The van der Waals surface area contributed by atoms with Crippen LogP contribution in [0.5, 0.6) is 0 Å². The maximum Gasteiger partial charge on any atom is 0.407 e. The van der Waals surface area contributed by atoms with Crippen molar-refractivity contribution in [3.05, 3.63) is 59.7 Å². The summed E-state index contributed by atoms with van der Waals surface area (Å²) in [5.41, 5.74) is 4.40. The van der Waals surface area contributed by atoms with Gasteiger partial charge in [-0.15, -0.1) is 0 Å². The molecule has 3 aliphatic rings. The maximum absolute atomic E-state index is 13.2. The Bertz CT molecular complexity index is 1100.